The summed E-state index contributed by atoms with van der Waals surface area (Å²) in [6.07, 6.45) is 3.60. The topological polar surface area (TPSA) is 53.9 Å². The van der Waals surface area contributed by atoms with Crippen LogP contribution in [0.25, 0.3) is 0 Å². The third-order valence-electron chi connectivity index (χ3n) is 2.82. The third-order valence-corrected chi connectivity index (χ3v) is 3.64. The van der Waals surface area contributed by atoms with Crippen LogP contribution in [0.5, 0.6) is 0 Å². The van der Waals surface area contributed by atoms with Crippen LogP contribution in [-0.2, 0) is 13.1 Å². The molecule has 0 aliphatic heterocycles. The van der Waals surface area contributed by atoms with Crippen molar-refractivity contribution >= 4 is 17.2 Å². The SMILES string of the molecule is Cc1nc(CN(C)c2cncc(CNC(C)C)n2)cs1. The largest absolute Gasteiger partial charge is 0.352 e. The van der Waals surface area contributed by atoms with Crippen molar-refractivity contribution in [2.45, 2.75) is 39.9 Å². The van der Waals surface area contributed by atoms with Crippen LogP contribution in [0, 0.1) is 6.92 Å². The molecule has 0 aliphatic rings. The predicted molar refractivity (Wildman–Crippen MR) is 83.0 cm³/mol. The second-order valence-electron chi connectivity index (χ2n) is 5.12. The fraction of sp³-hybridized carbons (Fsp3) is 0.500. The van der Waals surface area contributed by atoms with Gasteiger partial charge in [0, 0.05) is 31.2 Å². The van der Waals surface area contributed by atoms with Gasteiger partial charge in [0.2, 0.25) is 0 Å². The molecule has 0 unspecified atom stereocenters. The average Bonchev–Trinajstić information content (AvgIpc) is 2.82. The van der Waals surface area contributed by atoms with Gasteiger partial charge in [-0.15, -0.1) is 11.3 Å². The van der Waals surface area contributed by atoms with Gasteiger partial charge in [-0.3, -0.25) is 4.98 Å². The first-order valence-electron chi connectivity index (χ1n) is 6.71. The van der Waals surface area contributed by atoms with Crippen molar-refractivity contribution in [3.05, 3.63) is 34.2 Å². The lowest BCUT2D eigenvalue weighted by atomic mass is 10.3. The van der Waals surface area contributed by atoms with Gasteiger partial charge in [0.1, 0.15) is 5.82 Å². The number of aryl methyl sites for hydroxylation is 1. The second kappa shape index (κ2) is 6.76. The van der Waals surface area contributed by atoms with Crippen molar-refractivity contribution in [1.82, 2.24) is 20.3 Å². The van der Waals surface area contributed by atoms with E-state index in [9.17, 15) is 0 Å². The number of aromatic nitrogens is 3. The Morgan fingerprint density at radius 3 is 2.70 bits per heavy atom. The van der Waals surface area contributed by atoms with Gasteiger partial charge in [-0.2, -0.15) is 0 Å². The van der Waals surface area contributed by atoms with Gasteiger partial charge in [0.15, 0.2) is 0 Å². The molecule has 0 saturated carbocycles. The number of hydrogen-bond donors (Lipinski definition) is 1. The molecule has 5 nitrogen and oxygen atoms in total. The molecule has 2 aromatic heterocycles. The zero-order valence-electron chi connectivity index (χ0n) is 12.4. The van der Waals surface area contributed by atoms with Gasteiger partial charge in [0.25, 0.3) is 0 Å². The van der Waals surface area contributed by atoms with Gasteiger partial charge in [0.05, 0.1) is 29.1 Å². The molecule has 0 amide bonds. The fourth-order valence-electron chi connectivity index (χ4n) is 1.78. The van der Waals surface area contributed by atoms with E-state index in [1.807, 2.05) is 14.0 Å². The quantitative estimate of drug-likeness (QED) is 0.885. The Labute approximate surface area is 124 Å². The highest BCUT2D eigenvalue weighted by atomic mass is 32.1. The number of rotatable bonds is 6. The summed E-state index contributed by atoms with van der Waals surface area (Å²) in [6, 6.07) is 0.441. The Bertz CT molecular complexity index is 552. The van der Waals surface area contributed by atoms with Crippen molar-refractivity contribution in [3.63, 3.8) is 0 Å². The van der Waals surface area contributed by atoms with Crippen LogP contribution in [0.15, 0.2) is 17.8 Å². The molecule has 0 spiro atoms. The van der Waals surface area contributed by atoms with Crippen LogP contribution in [0.2, 0.25) is 0 Å². The lowest BCUT2D eigenvalue weighted by molar-refractivity contribution is 0.580. The molecule has 0 fully saturated rings. The summed E-state index contributed by atoms with van der Waals surface area (Å²) in [7, 11) is 2.01. The van der Waals surface area contributed by atoms with E-state index in [-0.39, 0.29) is 0 Å². The van der Waals surface area contributed by atoms with Crippen LogP contribution < -0.4 is 10.2 Å². The average molecular weight is 291 g/mol. The highest BCUT2D eigenvalue weighted by Crippen LogP contribution is 2.14. The molecule has 0 aliphatic carbocycles. The minimum absolute atomic E-state index is 0.441. The fourth-order valence-corrected chi connectivity index (χ4v) is 2.38. The van der Waals surface area contributed by atoms with E-state index in [1.165, 1.54) is 0 Å². The van der Waals surface area contributed by atoms with Crippen LogP contribution in [0.4, 0.5) is 5.82 Å². The summed E-state index contributed by atoms with van der Waals surface area (Å²) in [5, 5.41) is 6.53. The van der Waals surface area contributed by atoms with Crippen LogP contribution >= 0.6 is 11.3 Å². The van der Waals surface area contributed by atoms with Gasteiger partial charge >= 0.3 is 0 Å². The number of nitrogens with one attached hydrogen (secondary N) is 1. The highest BCUT2D eigenvalue weighted by molar-refractivity contribution is 7.09. The standard InChI is InChI=1S/C14H21N5S/c1-10(2)16-6-12-5-15-7-14(18-12)19(4)8-13-9-20-11(3)17-13/h5,7,9-10,16H,6,8H2,1-4H3. The van der Waals surface area contributed by atoms with E-state index in [1.54, 1.807) is 23.7 Å². The smallest absolute Gasteiger partial charge is 0.147 e. The summed E-state index contributed by atoms with van der Waals surface area (Å²) in [4.78, 5) is 15.4. The molecule has 2 aromatic rings. The molecular formula is C14H21N5S. The Hall–Kier alpha value is -1.53. The van der Waals surface area contributed by atoms with Crippen molar-refractivity contribution in [2.75, 3.05) is 11.9 Å². The number of thiazole rings is 1. The van der Waals surface area contributed by atoms with E-state index >= 15 is 0 Å². The summed E-state index contributed by atoms with van der Waals surface area (Å²) < 4.78 is 0. The Morgan fingerprint density at radius 1 is 1.25 bits per heavy atom. The third kappa shape index (κ3) is 4.25. The highest BCUT2D eigenvalue weighted by Gasteiger charge is 2.07. The normalized spacial score (nSPS) is 11.1. The maximum atomic E-state index is 4.62. The van der Waals surface area contributed by atoms with Gasteiger partial charge in [-0.1, -0.05) is 13.8 Å². The number of nitrogens with zero attached hydrogens (tertiary/aromatic N) is 4. The first-order chi connectivity index (χ1) is 9.54. The van der Waals surface area contributed by atoms with E-state index in [2.05, 4.69) is 44.4 Å². The summed E-state index contributed by atoms with van der Waals surface area (Å²) in [5.41, 5.74) is 2.03. The van der Waals surface area contributed by atoms with Crippen molar-refractivity contribution in [1.29, 1.82) is 0 Å². The van der Waals surface area contributed by atoms with Crippen LogP contribution in [0.1, 0.15) is 30.2 Å². The molecule has 2 rings (SSSR count). The zero-order chi connectivity index (χ0) is 14.5. The summed E-state index contributed by atoms with van der Waals surface area (Å²) in [5.74, 6) is 0.874. The van der Waals surface area contributed by atoms with Crippen LogP contribution in [-0.4, -0.2) is 28.0 Å². The molecule has 2 heterocycles. The molecule has 0 aromatic carbocycles. The number of hydrogen-bond acceptors (Lipinski definition) is 6. The second-order valence-corrected chi connectivity index (χ2v) is 6.18. The van der Waals surface area contributed by atoms with E-state index in [0.29, 0.717) is 6.04 Å². The molecular weight excluding hydrogens is 270 g/mol. The molecule has 1 N–H and O–H groups in total. The first kappa shape index (κ1) is 14.9. The Morgan fingerprint density at radius 2 is 2.05 bits per heavy atom. The summed E-state index contributed by atoms with van der Waals surface area (Å²) >= 11 is 1.67. The molecule has 0 radical (unpaired) electrons. The molecule has 108 valence electrons. The van der Waals surface area contributed by atoms with E-state index < -0.39 is 0 Å². The van der Waals surface area contributed by atoms with Crippen molar-refractivity contribution in [3.8, 4) is 0 Å². The maximum Gasteiger partial charge on any atom is 0.147 e. The van der Waals surface area contributed by atoms with Crippen molar-refractivity contribution < 1.29 is 0 Å². The Kier molecular flexibility index (Phi) is 5.03. The lowest BCUT2D eigenvalue weighted by Gasteiger charge is -2.17. The molecule has 20 heavy (non-hydrogen) atoms. The number of anilines is 1. The van der Waals surface area contributed by atoms with Crippen molar-refractivity contribution in [2.24, 2.45) is 0 Å². The molecule has 0 bridgehead atoms. The lowest BCUT2D eigenvalue weighted by Crippen LogP contribution is -2.24. The monoisotopic (exact) mass is 291 g/mol. The van der Waals surface area contributed by atoms with E-state index in [4.69, 9.17) is 0 Å². The molecule has 0 saturated heterocycles. The summed E-state index contributed by atoms with van der Waals surface area (Å²) in [6.45, 7) is 7.75. The van der Waals surface area contributed by atoms with Gasteiger partial charge in [-0.05, 0) is 6.92 Å². The predicted octanol–water partition coefficient (Wildman–Crippen LogP) is 2.38. The van der Waals surface area contributed by atoms with Crippen LogP contribution in [0.3, 0.4) is 0 Å². The Balaban J connectivity index is 2.02. The molecule has 6 heteroatoms. The van der Waals surface area contributed by atoms with E-state index in [0.717, 1.165) is 35.3 Å². The van der Waals surface area contributed by atoms with Gasteiger partial charge in [-0.25, -0.2) is 9.97 Å². The van der Waals surface area contributed by atoms with Gasteiger partial charge < -0.3 is 10.2 Å². The first-order valence-corrected chi connectivity index (χ1v) is 7.59. The zero-order valence-corrected chi connectivity index (χ0v) is 13.2. The minimum Gasteiger partial charge on any atom is -0.352 e. The maximum absolute atomic E-state index is 4.62. The minimum atomic E-state index is 0.441. The molecule has 0 atom stereocenters.